The van der Waals surface area contributed by atoms with Crippen LogP contribution in [0.3, 0.4) is 0 Å². The summed E-state index contributed by atoms with van der Waals surface area (Å²) in [5, 5.41) is 13.1. The van der Waals surface area contributed by atoms with Crippen LogP contribution in [0.5, 0.6) is 11.5 Å². The number of hydrogen-bond donors (Lipinski definition) is 2. The summed E-state index contributed by atoms with van der Waals surface area (Å²) in [6.45, 7) is 4.02. The Morgan fingerprint density at radius 3 is 2.72 bits per heavy atom. The van der Waals surface area contributed by atoms with Gasteiger partial charge in [0.15, 0.2) is 4.88 Å². The zero-order valence-corrected chi connectivity index (χ0v) is 20.4. The highest BCUT2D eigenvalue weighted by Crippen LogP contribution is 2.36. The Labute approximate surface area is 209 Å². The first-order valence-electron chi connectivity index (χ1n) is 11.2. The molecule has 0 aliphatic heterocycles. The second-order valence-corrected chi connectivity index (χ2v) is 8.90. The lowest BCUT2D eigenvalue weighted by Gasteiger charge is -2.12. The zero-order valence-electron chi connectivity index (χ0n) is 19.6. The van der Waals surface area contributed by atoms with Gasteiger partial charge in [-0.25, -0.2) is 18.0 Å². The monoisotopic (exact) mass is 519 g/mol. The number of nitrogens with one attached hydrogen (secondary N) is 1. The second-order valence-electron chi connectivity index (χ2n) is 7.85. The van der Waals surface area contributed by atoms with Gasteiger partial charge in [0.25, 0.3) is 6.43 Å². The van der Waals surface area contributed by atoms with Gasteiger partial charge in [0, 0.05) is 42.1 Å². The maximum atomic E-state index is 14.7. The van der Waals surface area contributed by atoms with Crippen molar-refractivity contribution in [1.29, 1.82) is 0 Å². The van der Waals surface area contributed by atoms with E-state index >= 15 is 0 Å². The predicted octanol–water partition coefficient (Wildman–Crippen LogP) is 6.07. The Kier molecular flexibility index (Phi) is 7.68. The average molecular weight is 520 g/mol. The van der Waals surface area contributed by atoms with Crippen LogP contribution in [-0.4, -0.2) is 46.8 Å². The van der Waals surface area contributed by atoms with Gasteiger partial charge in [-0.2, -0.15) is 0 Å². The van der Waals surface area contributed by atoms with Gasteiger partial charge in [-0.3, -0.25) is 4.98 Å². The molecule has 0 aliphatic carbocycles. The van der Waals surface area contributed by atoms with Gasteiger partial charge in [0.2, 0.25) is 0 Å². The van der Waals surface area contributed by atoms with Gasteiger partial charge in [0.05, 0.1) is 22.7 Å². The molecule has 7 nitrogen and oxygen atoms in total. The quantitative estimate of drug-likeness (QED) is 0.250. The molecule has 0 saturated heterocycles. The van der Waals surface area contributed by atoms with E-state index in [2.05, 4.69) is 10.3 Å². The molecular formula is C25H24F3N3O4S. The molecule has 0 amide bonds. The number of nitrogens with zero attached hydrogens (tertiary/aromatic N) is 2. The van der Waals surface area contributed by atoms with Crippen molar-refractivity contribution in [3.8, 4) is 22.1 Å². The number of aromatic nitrogens is 2. The molecule has 0 saturated carbocycles. The number of carbonyl (C=O) groups is 1. The molecule has 11 heteroatoms. The van der Waals surface area contributed by atoms with Crippen LogP contribution in [0.1, 0.15) is 22.3 Å². The van der Waals surface area contributed by atoms with E-state index in [0.29, 0.717) is 46.9 Å². The number of alkyl halides is 2. The molecule has 0 fully saturated rings. The number of aryl methyl sites for hydroxylation is 1. The van der Waals surface area contributed by atoms with E-state index in [1.807, 2.05) is 6.92 Å². The van der Waals surface area contributed by atoms with E-state index in [4.69, 9.17) is 9.47 Å². The first kappa shape index (κ1) is 25.4. The number of pyridine rings is 1. The Balaban J connectivity index is 1.51. The number of rotatable bonds is 11. The largest absolute Gasteiger partial charge is 0.492 e. The van der Waals surface area contributed by atoms with Crippen molar-refractivity contribution in [2.45, 2.75) is 26.8 Å². The number of anilines is 1. The Morgan fingerprint density at radius 1 is 1.19 bits per heavy atom. The lowest BCUT2D eigenvalue weighted by atomic mass is 10.2. The van der Waals surface area contributed by atoms with Crippen molar-refractivity contribution in [2.24, 2.45) is 0 Å². The molecule has 3 heterocycles. The SMILES string of the molecule is CCOc1cc(-c2cc(NCCn3c(C)cc4c(OCC(F)F)ccc(F)c43)ccn2)sc1C(=O)O. The van der Waals surface area contributed by atoms with Gasteiger partial charge < -0.3 is 24.5 Å². The summed E-state index contributed by atoms with van der Waals surface area (Å²) >= 11 is 1.08. The van der Waals surface area contributed by atoms with Crippen LogP contribution in [0, 0.1) is 12.7 Å². The van der Waals surface area contributed by atoms with E-state index in [9.17, 15) is 23.1 Å². The maximum absolute atomic E-state index is 14.7. The van der Waals surface area contributed by atoms with Gasteiger partial charge in [-0.1, -0.05) is 0 Å². The molecule has 1 aromatic carbocycles. The van der Waals surface area contributed by atoms with Crippen LogP contribution in [0.15, 0.2) is 42.6 Å². The molecule has 0 aliphatic rings. The Bertz CT molecular complexity index is 1390. The lowest BCUT2D eigenvalue weighted by Crippen LogP contribution is -2.12. The fourth-order valence-corrected chi connectivity index (χ4v) is 4.81. The van der Waals surface area contributed by atoms with Crippen molar-refractivity contribution in [3.63, 3.8) is 0 Å². The molecule has 0 spiro atoms. The minimum Gasteiger partial charge on any atom is -0.492 e. The molecule has 4 rings (SSSR count). The molecule has 0 unspecified atom stereocenters. The number of carboxylic acid groups (broad SMARTS) is 1. The summed E-state index contributed by atoms with van der Waals surface area (Å²) in [5.41, 5.74) is 2.39. The minimum absolute atomic E-state index is 0.112. The van der Waals surface area contributed by atoms with Crippen LogP contribution in [-0.2, 0) is 6.54 Å². The minimum atomic E-state index is -2.63. The van der Waals surface area contributed by atoms with Crippen LogP contribution < -0.4 is 14.8 Å². The molecule has 190 valence electrons. The molecular weight excluding hydrogens is 495 g/mol. The predicted molar refractivity (Wildman–Crippen MR) is 132 cm³/mol. The van der Waals surface area contributed by atoms with Gasteiger partial charge in [-0.15, -0.1) is 11.3 Å². The first-order valence-corrected chi connectivity index (χ1v) is 12.0. The molecule has 0 bridgehead atoms. The molecule has 2 N–H and O–H groups in total. The number of carboxylic acids is 1. The van der Waals surface area contributed by atoms with Crippen LogP contribution in [0.4, 0.5) is 18.9 Å². The Hall–Kier alpha value is -3.73. The lowest BCUT2D eigenvalue weighted by molar-refractivity contribution is 0.0698. The zero-order chi connectivity index (χ0) is 25.8. The molecule has 36 heavy (non-hydrogen) atoms. The number of thiophene rings is 1. The third-order valence-electron chi connectivity index (χ3n) is 5.41. The first-order chi connectivity index (χ1) is 17.3. The standard InChI is InChI=1S/C25H24F3N3O4S/c1-3-34-20-12-21(36-24(20)25(32)33)18-11-15(6-7-30-18)29-8-9-31-14(2)10-16-19(35-13-22(27)28)5-4-17(26)23(16)31/h4-7,10-12,22H,3,8-9,13H2,1-2H3,(H,29,30)(H,32,33). The molecule has 0 radical (unpaired) electrons. The van der Waals surface area contributed by atoms with E-state index in [1.54, 1.807) is 42.0 Å². The molecule has 4 aromatic rings. The number of aromatic carboxylic acids is 1. The van der Waals surface area contributed by atoms with Crippen molar-refractivity contribution < 1.29 is 32.5 Å². The van der Waals surface area contributed by atoms with Crippen LogP contribution >= 0.6 is 11.3 Å². The maximum Gasteiger partial charge on any atom is 0.349 e. The van der Waals surface area contributed by atoms with Crippen molar-refractivity contribution in [3.05, 3.63) is 59.0 Å². The molecule has 3 aromatic heterocycles. The number of ether oxygens (including phenoxy) is 2. The van der Waals surface area contributed by atoms with E-state index < -0.39 is 24.8 Å². The van der Waals surface area contributed by atoms with Crippen LogP contribution in [0.2, 0.25) is 0 Å². The van der Waals surface area contributed by atoms with Gasteiger partial charge in [0.1, 0.15) is 23.9 Å². The fraction of sp³-hybridized carbons (Fsp3) is 0.280. The summed E-state index contributed by atoms with van der Waals surface area (Å²) in [6, 6.07) is 9.52. The summed E-state index contributed by atoms with van der Waals surface area (Å²) in [5.74, 6) is -1.01. The summed E-state index contributed by atoms with van der Waals surface area (Å²) in [7, 11) is 0. The van der Waals surface area contributed by atoms with E-state index in [0.717, 1.165) is 22.7 Å². The number of hydrogen-bond acceptors (Lipinski definition) is 6. The van der Waals surface area contributed by atoms with Crippen molar-refractivity contribution in [1.82, 2.24) is 9.55 Å². The summed E-state index contributed by atoms with van der Waals surface area (Å²) in [6.07, 6.45) is -1.01. The van der Waals surface area contributed by atoms with E-state index in [-0.39, 0.29) is 10.6 Å². The smallest absolute Gasteiger partial charge is 0.349 e. The average Bonchev–Trinajstić information content (AvgIpc) is 3.41. The normalized spacial score (nSPS) is 11.3. The van der Waals surface area contributed by atoms with E-state index in [1.165, 1.54) is 12.1 Å². The highest BCUT2D eigenvalue weighted by molar-refractivity contribution is 7.17. The summed E-state index contributed by atoms with van der Waals surface area (Å²) in [4.78, 5) is 16.6. The Morgan fingerprint density at radius 2 is 2.00 bits per heavy atom. The topological polar surface area (TPSA) is 85.6 Å². The van der Waals surface area contributed by atoms with Crippen molar-refractivity contribution in [2.75, 3.05) is 25.1 Å². The fourth-order valence-electron chi connectivity index (χ4n) is 3.91. The number of halogens is 3. The van der Waals surface area contributed by atoms with Crippen molar-refractivity contribution >= 4 is 33.9 Å². The van der Waals surface area contributed by atoms with Gasteiger partial charge >= 0.3 is 5.97 Å². The third-order valence-corrected chi connectivity index (χ3v) is 6.54. The number of benzene rings is 1. The van der Waals surface area contributed by atoms with Crippen LogP contribution in [0.25, 0.3) is 21.5 Å². The highest BCUT2D eigenvalue weighted by atomic mass is 32.1. The summed E-state index contributed by atoms with van der Waals surface area (Å²) < 4.78 is 52.2. The molecule has 0 atom stereocenters. The second kappa shape index (κ2) is 10.9. The highest BCUT2D eigenvalue weighted by Gasteiger charge is 2.19. The number of fused-ring (bicyclic) bond motifs is 1. The third kappa shape index (κ3) is 5.40. The van der Waals surface area contributed by atoms with Gasteiger partial charge in [-0.05, 0) is 44.2 Å².